The first kappa shape index (κ1) is 14.7. The third kappa shape index (κ3) is 4.80. The summed E-state index contributed by atoms with van der Waals surface area (Å²) in [4.78, 5) is 10.0. The number of nitrogens with two attached hydrogens (primary N) is 1. The van der Waals surface area contributed by atoms with Gasteiger partial charge in [-0.2, -0.15) is 5.10 Å². The highest BCUT2D eigenvalue weighted by atomic mass is 32.2. The lowest BCUT2D eigenvalue weighted by atomic mass is 10.2. The molecule has 0 radical (unpaired) electrons. The summed E-state index contributed by atoms with van der Waals surface area (Å²) in [6, 6.07) is 3.62. The summed E-state index contributed by atoms with van der Waals surface area (Å²) < 4.78 is 0. The number of nitro benzene ring substituents is 1. The number of aromatic hydroxyl groups is 1. The molecule has 0 bridgehead atoms. The second-order valence-corrected chi connectivity index (χ2v) is 4.32. The van der Waals surface area contributed by atoms with Crippen LogP contribution in [0.4, 0.5) is 5.69 Å². The summed E-state index contributed by atoms with van der Waals surface area (Å²) in [6.45, 7) is 3.53. The molecule has 0 saturated heterocycles. The molecule has 100 valence electrons. The molecule has 1 rings (SSSR count). The van der Waals surface area contributed by atoms with Crippen LogP contribution in [0.15, 0.2) is 41.1 Å². The first-order valence-corrected chi connectivity index (χ1v) is 6.10. The summed E-state index contributed by atoms with van der Waals surface area (Å²) in [6.07, 6.45) is 2.87. The highest BCUT2D eigenvalue weighted by Gasteiger charge is 2.08. The largest absolute Gasteiger partial charge is 0.507 e. The highest BCUT2D eigenvalue weighted by molar-refractivity contribution is 8.13. The van der Waals surface area contributed by atoms with Crippen LogP contribution in [-0.4, -0.2) is 27.2 Å². The van der Waals surface area contributed by atoms with E-state index in [2.05, 4.69) is 16.8 Å². The lowest BCUT2D eigenvalue weighted by Crippen LogP contribution is -2.05. The van der Waals surface area contributed by atoms with E-state index >= 15 is 0 Å². The lowest BCUT2D eigenvalue weighted by molar-refractivity contribution is -0.384. The summed E-state index contributed by atoms with van der Waals surface area (Å²) >= 11 is 1.25. The number of phenols is 1. The number of thioether (sulfide) groups is 1. The van der Waals surface area contributed by atoms with Gasteiger partial charge in [0.2, 0.25) is 0 Å². The molecule has 0 atom stereocenters. The lowest BCUT2D eigenvalue weighted by Gasteiger charge is -1.97. The van der Waals surface area contributed by atoms with Crippen molar-refractivity contribution in [2.75, 3.05) is 5.75 Å². The maximum atomic E-state index is 10.6. The molecule has 7 nitrogen and oxygen atoms in total. The van der Waals surface area contributed by atoms with Crippen molar-refractivity contribution in [3.63, 3.8) is 0 Å². The highest BCUT2D eigenvalue weighted by Crippen LogP contribution is 2.21. The van der Waals surface area contributed by atoms with Crippen LogP contribution in [0.1, 0.15) is 5.56 Å². The van der Waals surface area contributed by atoms with Crippen LogP contribution in [0.2, 0.25) is 0 Å². The van der Waals surface area contributed by atoms with Crippen molar-refractivity contribution in [2.45, 2.75) is 0 Å². The molecule has 0 amide bonds. The van der Waals surface area contributed by atoms with Crippen LogP contribution in [0.25, 0.3) is 0 Å². The summed E-state index contributed by atoms with van der Waals surface area (Å²) in [7, 11) is 0. The minimum atomic E-state index is -0.561. The Labute approximate surface area is 113 Å². The van der Waals surface area contributed by atoms with Gasteiger partial charge in [-0.05, 0) is 6.07 Å². The number of non-ortho nitro benzene ring substituents is 1. The van der Waals surface area contributed by atoms with Gasteiger partial charge in [0.1, 0.15) is 5.75 Å². The smallest absolute Gasteiger partial charge is 0.270 e. The Morgan fingerprint density at radius 3 is 3.00 bits per heavy atom. The van der Waals surface area contributed by atoms with Gasteiger partial charge in [-0.15, -0.1) is 11.7 Å². The Kier molecular flexibility index (Phi) is 5.55. The molecule has 0 spiro atoms. The molecule has 1 aromatic carbocycles. The fourth-order valence-electron chi connectivity index (χ4n) is 1.08. The number of rotatable bonds is 5. The minimum absolute atomic E-state index is 0.123. The van der Waals surface area contributed by atoms with E-state index < -0.39 is 4.92 Å². The molecule has 0 aliphatic rings. The number of amidine groups is 1. The van der Waals surface area contributed by atoms with E-state index in [0.717, 1.165) is 0 Å². The van der Waals surface area contributed by atoms with Crippen molar-refractivity contribution >= 4 is 28.8 Å². The van der Waals surface area contributed by atoms with E-state index in [9.17, 15) is 15.2 Å². The molecule has 0 saturated carbocycles. The Hall–Kier alpha value is -2.35. The van der Waals surface area contributed by atoms with Crippen LogP contribution in [0.3, 0.4) is 0 Å². The normalized spacial score (nSPS) is 11.7. The van der Waals surface area contributed by atoms with Gasteiger partial charge in [0.25, 0.3) is 5.69 Å². The third-order valence-electron chi connectivity index (χ3n) is 1.92. The van der Waals surface area contributed by atoms with Gasteiger partial charge in [-0.1, -0.05) is 17.8 Å². The maximum Gasteiger partial charge on any atom is 0.270 e. The Bertz CT molecular complexity index is 543. The topological polar surface area (TPSA) is 114 Å². The monoisotopic (exact) mass is 280 g/mol. The maximum absolute atomic E-state index is 10.6. The van der Waals surface area contributed by atoms with Crippen LogP contribution in [0.5, 0.6) is 5.75 Å². The standard InChI is InChI=1S/C11H12N4O3S/c1-2-5-19-11(12)14-13-7-8-6-9(15(17)18)3-4-10(8)16/h2-4,6-7,16H,1,5H2,(H2,12,14)/b13-7+. The molecule has 0 aliphatic heterocycles. The second kappa shape index (κ2) is 7.17. The molecular weight excluding hydrogens is 268 g/mol. The zero-order valence-corrected chi connectivity index (χ0v) is 10.7. The van der Waals surface area contributed by atoms with Gasteiger partial charge >= 0.3 is 0 Å². The van der Waals surface area contributed by atoms with E-state index in [4.69, 9.17) is 5.73 Å². The molecule has 0 heterocycles. The van der Waals surface area contributed by atoms with Crippen LogP contribution in [-0.2, 0) is 0 Å². The molecule has 1 aromatic rings. The molecule has 0 unspecified atom stereocenters. The zero-order valence-electron chi connectivity index (χ0n) is 9.89. The Morgan fingerprint density at radius 1 is 1.63 bits per heavy atom. The van der Waals surface area contributed by atoms with Gasteiger partial charge in [0.05, 0.1) is 11.1 Å². The molecule has 3 N–H and O–H groups in total. The van der Waals surface area contributed by atoms with Crippen molar-refractivity contribution in [3.8, 4) is 5.75 Å². The fraction of sp³-hybridized carbons (Fsp3) is 0.0909. The predicted molar refractivity (Wildman–Crippen MR) is 76.6 cm³/mol. The average Bonchev–Trinajstić information content (AvgIpc) is 2.38. The Balaban J connectivity index is 2.83. The van der Waals surface area contributed by atoms with Crippen molar-refractivity contribution < 1.29 is 10.0 Å². The average molecular weight is 280 g/mol. The van der Waals surface area contributed by atoms with Crippen molar-refractivity contribution in [2.24, 2.45) is 15.9 Å². The van der Waals surface area contributed by atoms with Gasteiger partial charge in [-0.3, -0.25) is 10.1 Å². The van der Waals surface area contributed by atoms with E-state index in [-0.39, 0.29) is 22.2 Å². The molecular formula is C11H12N4O3S. The number of nitrogens with zero attached hydrogens (tertiary/aromatic N) is 3. The van der Waals surface area contributed by atoms with Gasteiger partial charge in [-0.25, -0.2) is 0 Å². The van der Waals surface area contributed by atoms with Crippen LogP contribution < -0.4 is 5.73 Å². The first-order valence-electron chi connectivity index (χ1n) is 5.12. The number of benzene rings is 1. The summed E-state index contributed by atoms with van der Waals surface area (Å²) in [5.74, 6) is 0.481. The third-order valence-corrected chi connectivity index (χ3v) is 2.70. The Morgan fingerprint density at radius 2 is 2.37 bits per heavy atom. The predicted octanol–water partition coefficient (Wildman–Crippen LogP) is 1.87. The number of phenolic OH excluding ortho intramolecular Hbond substituents is 1. The van der Waals surface area contributed by atoms with E-state index in [0.29, 0.717) is 5.75 Å². The van der Waals surface area contributed by atoms with Crippen molar-refractivity contribution in [3.05, 3.63) is 46.5 Å². The molecule has 19 heavy (non-hydrogen) atoms. The zero-order chi connectivity index (χ0) is 14.3. The minimum Gasteiger partial charge on any atom is -0.507 e. The SMILES string of the molecule is C=CCSC(N)=N/N=C/c1cc([N+](=O)[O-])ccc1O. The van der Waals surface area contributed by atoms with E-state index in [1.165, 1.54) is 36.2 Å². The van der Waals surface area contributed by atoms with E-state index in [1.807, 2.05) is 0 Å². The second-order valence-electron chi connectivity index (χ2n) is 3.28. The number of nitro groups is 1. The molecule has 0 fully saturated rings. The van der Waals surface area contributed by atoms with Gasteiger partial charge in [0, 0.05) is 23.4 Å². The number of hydrogen-bond donors (Lipinski definition) is 2. The molecule has 0 aliphatic carbocycles. The molecule has 8 heteroatoms. The first-order chi connectivity index (χ1) is 9.04. The fourth-order valence-corrected chi connectivity index (χ4v) is 1.47. The summed E-state index contributed by atoms with van der Waals surface area (Å²) in [5.41, 5.74) is 5.57. The van der Waals surface area contributed by atoms with Crippen molar-refractivity contribution in [1.29, 1.82) is 0 Å². The summed E-state index contributed by atoms with van der Waals surface area (Å²) in [5, 5.41) is 27.7. The van der Waals surface area contributed by atoms with Crippen LogP contribution in [0, 0.1) is 10.1 Å². The van der Waals surface area contributed by atoms with Gasteiger partial charge < -0.3 is 10.8 Å². The van der Waals surface area contributed by atoms with Gasteiger partial charge in [0.15, 0.2) is 5.17 Å². The molecule has 0 aromatic heterocycles. The van der Waals surface area contributed by atoms with Crippen molar-refractivity contribution in [1.82, 2.24) is 0 Å². The van der Waals surface area contributed by atoms with Crippen LogP contribution >= 0.6 is 11.8 Å². The quantitative estimate of drug-likeness (QED) is 0.281. The number of hydrogen-bond acceptors (Lipinski definition) is 6. The van der Waals surface area contributed by atoms with E-state index in [1.54, 1.807) is 6.08 Å².